The molecule has 1 heterocycles. The standard InChI is InChI=1S/C19H18N2O3S/c20-11-15-14-7-6-13(12-4-2-1-3-5-12)10-16(14)25-19(15)21-17(22)8-9-18(23)24/h1-5,13H,6-10H2,(H,21,22)(H,23,24)/t13-/m0/s1. The Balaban J connectivity index is 1.78. The van der Waals surface area contributed by atoms with Gasteiger partial charge in [-0.15, -0.1) is 11.3 Å². The van der Waals surface area contributed by atoms with Crippen LogP contribution in [0.25, 0.3) is 0 Å². The number of carbonyl (C=O) groups excluding carboxylic acids is 1. The molecule has 5 nitrogen and oxygen atoms in total. The number of aliphatic carboxylic acids is 1. The lowest BCUT2D eigenvalue weighted by Crippen LogP contribution is -2.13. The van der Waals surface area contributed by atoms with Crippen LogP contribution in [0.2, 0.25) is 0 Å². The van der Waals surface area contributed by atoms with Crippen molar-refractivity contribution in [2.75, 3.05) is 5.32 Å². The largest absolute Gasteiger partial charge is 0.481 e. The summed E-state index contributed by atoms with van der Waals surface area (Å²) in [4.78, 5) is 23.6. The van der Waals surface area contributed by atoms with Gasteiger partial charge < -0.3 is 10.4 Å². The summed E-state index contributed by atoms with van der Waals surface area (Å²) in [6.07, 6.45) is 2.36. The van der Waals surface area contributed by atoms with Crippen LogP contribution >= 0.6 is 11.3 Å². The third kappa shape index (κ3) is 3.89. The molecule has 0 unspecified atom stereocenters. The lowest BCUT2D eigenvalue weighted by molar-refractivity contribution is -0.138. The van der Waals surface area contributed by atoms with E-state index in [1.54, 1.807) is 0 Å². The topological polar surface area (TPSA) is 90.2 Å². The number of nitrogens with zero attached hydrogens (tertiary/aromatic N) is 1. The van der Waals surface area contributed by atoms with Crippen molar-refractivity contribution in [3.05, 3.63) is 51.9 Å². The van der Waals surface area contributed by atoms with Gasteiger partial charge in [-0.25, -0.2) is 0 Å². The van der Waals surface area contributed by atoms with E-state index in [0.29, 0.717) is 16.5 Å². The molecule has 128 valence electrons. The first kappa shape index (κ1) is 17.2. The quantitative estimate of drug-likeness (QED) is 0.857. The van der Waals surface area contributed by atoms with Gasteiger partial charge in [0.15, 0.2) is 0 Å². The third-order valence-corrected chi connectivity index (χ3v) is 5.64. The van der Waals surface area contributed by atoms with Crippen molar-refractivity contribution in [2.24, 2.45) is 0 Å². The van der Waals surface area contributed by atoms with Crippen LogP contribution in [0, 0.1) is 11.3 Å². The first-order chi connectivity index (χ1) is 12.1. The Labute approximate surface area is 149 Å². The van der Waals surface area contributed by atoms with E-state index in [-0.39, 0.29) is 18.7 Å². The highest BCUT2D eigenvalue weighted by Crippen LogP contribution is 2.42. The fourth-order valence-corrected chi connectivity index (χ4v) is 4.51. The van der Waals surface area contributed by atoms with Gasteiger partial charge in [0.2, 0.25) is 5.91 Å². The van der Waals surface area contributed by atoms with Gasteiger partial charge >= 0.3 is 5.97 Å². The van der Waals surface area contributed by atoms with E-state index in [1.807, 2.05) is 18.2 Å². The Morgan fingerprint density at radius 1 is 1.28 bits per heavy atom. The monoisotopic (exact) mass is 354 g/mol. The fraction of sp³-hybridized carbons (Fsp3) is 0.316. The average Bonchev–Trinajstić information content (AvgIpc) is 2.96. The van der Waals surface area contributed by atoms with Crippen LogP contribution in [-0.4, -0.2) is 17.0 Å². The predicted octanol–water partition coefficient (Wildman–Crippen LogP) is 3.70. The van der Waals surface area contributed by atoms with Crippen LogP contribution in [0.1, 0.15) is 46.7 Å². The van der Waals surface area contributed by atoms with E-state index < -0.39 is 5.97 Å². The number of rotatable bonds is 5. The fourth-order valence-electron chi connectivity index (χ4n) is 3.21. The van der Waals surface area contributed by atoms with Gasteiger partial charge in [0, 0.05) is 11.3 Å². The van der Waals surface area contributed by atoms with Crippen LogP contribution in [0.4, 0.5) is 5.00 Å². The van der Waals surface area contributed by atoms with E-state index >= 15 is 0 Å². The smallest absolute Gasteiger partial charge is 0.303 e. The molecule has 0 saturated heterocycles. The zero-order chi connectivity index (χ0) is 17.8. The first-order valence-corrected chi connectivity index (χ1v) is 9.01. The Bertz CT molecular complexity index is 836. The van der Waals surface area contributed by atoms with Crippen LogP contribution in [0.3, 0.4) is 0 Å². The van der Waals surface area contributed by atoms with Crippen molar-refractivity contribution in [3.8, 4) is 6.07 Å². The molecule has 0 bridgehead atoms. The number of hydrogen-bond acceptors (Lipinski definition) is 4. The number of hydrogen-bond donors (Lipinski definition) is 2. The molecule has 2 aromatic rings. The van der Waals surface area contributed by atoms with E-state index in [9.17, 15) is 14.9 Å². The van der Waals surface area contributed by atoms with E-state index in [4.69, 9.17) is 5.11 Å². The number of nitrogens with one attached hydrogen (secondary N) is 1. The number of thiophene rings is 1. The number of anilines is 1. The van der Waals surface area contributed by atoms with Gasteiger partial charge in [-0.05, 0) is 36.3 Å². The predicted molar refractivity (Wildman–Crippen MR) is 95.7 cm³/mol. The molecular formula is C19H18N2O3S. The van der Waals surface area contributed by atoms with Crippen LogP contribution in [0.5, 0.6) is 0 Å². The summed E-state index contributed by atoms with van der Waals surface area (Å²) >= 11 is 1.45. The molecular weight excluding hydrogens is 336 g/mol. The summed E-state index contributed by atoms with van der Waals surface area (Å²) in [6, 6.07) is 12.5. The summed E-state index contributed by atoms with van der Waals surface area (Å²) in [5.41, 5.74) is 2.87. The van der Waals surface area contributed by atoms with Gasteiger partial charge in [0.25, 0.3) is 0 Å². The molecule has 1 aliphatic rings. The van der Waals surface area contributed by atoms with Crippen LogP contribution in [0.15, 0.2) is 30.3 Å². The second kappa shape index (κ2) is 7.49. The SMILES string of the molecule is N#Cc1c(NC(=O)CCC(=O)O)sc2c1CC[C@H](c1ccccc1)C2. The minimum Gasteiger partial charge on any atom is -0.481 e. The summed E-state index contributed by atoms with van der Waals surface area (Å²) in [5, 5.41) is 21.4. The summed E-state index contributed by atoms with van der Waals surface area (Å²) in [6.45, 7) is 0. The summed E-state index contributed by atoms with van der Waals surface area (Å²) in [5.74, 6) is -0.946. The molecule has 0 radical (unpaired) electrons. The highest BCUT2D eigenvalue weighted by molar-refractivity contribution is 7.16. The molecule has 1 aromatic carbocycles. The van der Waals surface area contributed by atoms with Crippen molar-refractivity contribution in [2.45, 2.75) is 38.0 Å². The van der Waals surface area contributed by atoms with E-state index in [2.05, 4.69) is 23.5 Å². The first-order valence-electron chi connectivity index (χ1n) is 8.19. The average molecular weight is 354 g/mol. The molecule has 6 heteroatoms. The Morgan fingerprint density at radius 3 is 2.72 bits per heavy atom. The molecule has 1 aliphatic carbocycles. The van der Waals surface area contributed by atoms with Gasteiger partial charge in [-0.2, -0.15) is 5.26 Å². The summed E-state index contributed by atoms with van der Waals surface area (Å²) < 4.78 is 0. The lowest BCUT2D eigenvalue weighted by Gasteiger charge is -2.22. The molecule has 3 rings (SSSR count). The summed E-state index contributed by atoms with van der Waals surface area (Å²) in [7, 11) is 0. The number of fused-ring (bicyclic) bond motifs is 1. The maximum Gasteiger partial charge on any atom is 0.303 e. The molecule has 25 heavy (non-hydrogen) atoms. The highest BCUT2D eigenvalue weighted by Gasteiger charge is 2.27. The van der Waals surface area contributed by atoms with Crippen molar-refractivity contribution >= 4 is 28.2 Å². The maximum atomic E-state index is 11.9. The Kier molecular flexibility index (Phi) is 5.15. The Hall–Kier alpha value is -2.65. The van der Waals surface area contributed by atoms with E-state index in [1.165, 1.54) is 16.9 Å². The van der Waals surface area contributed by atoms with Gasteiger partial charge in [0.1, 0.15) is 11.1 Å². The number of carbonyl (C=O) groups is 2. The third-order valence-electron chi connectivity index (χ3n) is 4.47. The van der Waals surface area contributed by atoms with Crippen molar-refractivity contribution < 1.29 is 14.7 Å². The van der Waals surface area contributed by atoms with Crippen molar-refractivity contribution in [1.82, 2.24) is 0 Å². The molecule has 1 aromatic heterocycles. The zero-order valence-electron chi connectivity index (χ0n) is 13.6. The number of nitriles is 1. The Morgan fingerprint density at radius 2 is 2.04 bits per heavy atom. The molecule has 1 amide bonds. The maximum absolute atomic E-state index is 11.9. The second-order valence-electron chi connectivity index (χ2n) is 6.11. The molecule has 2 N–H and O–H groups in total. The number of benzene rings is 1. The van der Waals surface area contributed by atoms with Crippen molar-refractivity contribution in [1.29, 1.82) is 5.26 Å². The molecule has 0 spiro atoms. The van der Waals surface area contributed by atoms with E-state index in [0.717, 1.165) is 29.7 Å². The normalized spacial score (nSPS) is 15.9. The molecule has 0 fully saturated rings. The minimum atomic E-state index is -1.01. The molecule has 0 aliphatic heterocycles. The van der Waals surface area contributed by atoms with Crippen LogP contribution in [-0.2, 0) is 22.4 Å². The van der Waals surface area contributed by atoms with Gasteiger partial charge in [-0.1, -0.05) is 30.3 Å². The van der Waals surface area contributed by atoms with Crippen LogP contribution < -0.4 is 5.32 Å². The molecule has 0 saturated carbocycles. The second-order valence-corrected chi connectivity index (χ2v) is 7.22. The highest BCUT2D eigenvalue weighted by atomic mass is 32.1. The number of carboxylic acid groups (broad SMARTS) is 1. The lowest BCUT2D eigenvalue weighted by atomic mass is 9.83. The van der Waals surface area contributed by atoms with Gasteiger partial charge in [0.05, 0.1) is 12.0 Å². The number of amides is 1. The minimum absolute atomic E-state index is 0.0879. The number of carboxylic acids is 1. The zero-order valence-corrected chi connectivity index (χ0v) is 14.4. The molecule has 1 atom stereocenters. The van der Waals surface area contributed by atoms with Gasteiger partial charge in [-0.3, -0.25) is 9.59 Å². The van der Waals surface area contributed by atoms with Crippen molar-refractivity contribution in [3.63, 3.8) is 0 Å².